The van der Waals surface area contributed by atoms with Crippen LogP contribution in [-0.4, -0.2) is 15.8 Å². The highest BCUT2D eigenvalue weighted by molar-refractivity contribution is 6.08. The largest absolute Gasteiger partial charge is 0.398 e. The lowest BCUT2D eigenvalue weighted by molar-refractivity contribution is -0.384. The van der Waals surface area contributed by atoms with E-state index in [0.717, 1.165) is 6.07 Å². The number of nitrogens with two attached hydrogens (primary N) is 1. The number of nitrogens with zero attached hydrogens (tertiary/aromatic N) is 2. The third kappa shape index (κ3) is 2.72. The molecular formula is C13H12N4O3. The lowest BCUT2D eigenvalue weighted by atomic mass is 10.1. The van der Waals surface area contributed by atoms with Crippen LogP contribution in [0.2, 0.25) is 0 Å². The summed E-state index contributed by atoms with van der Waals surface area (Å²) >= 11 is 0. The van der Waals surface area contributed by atoms with E-state index in [2.05, 4.69) is 10.3 Å². The zero-order chi connectivity index (χ0) is 14.7. The fourth-order valence-electron chi connectivity index (χ4n) is 1.66. The molecule has 0 aliphatic rings. The zero-order valence-corrected chi connectivity index (χ0v) is 10.7. The molecule has 1 amide bonds. The first-order valence-corrected chi connectivity index (χ1v) is 5.76. The van der Waals surface area contributed by atoms with Crippen LogP contribution in [0.1, 0.15) is 16.1 Å². The lowest BCUT2D eigenvalue weighted by Crippen LogP contribution is -2.15. The van der Waals surface area contributed by atoms with Gasteiger partial charge in [0.05, 0.1) is 21.9 Å². The van der Waals surface area contributed by atoms with Crippen molar-refractivity contribution in [3.8, 4) is 0 Å². The fourth-order valence-corrected chi connectivity index (χ4v) is 1.66. The predicted octanol–water partition coefficient (Wildman–Crippen LogP) is 2.13. The molecule has 7 heteroatoms. The minimum Gasteiger partial charge on any atom is -0.398 e. The number of anilines is 2. The van der Waals surface area contributed by atoms with Crippen molar-refractivity contribution in [1.29, 1.82) is 0 Å². The first kappa shape index (κ1) is 13.5. The SMILES string of the molecule is Cc1ncccc1NC(=O)c1cc([N+](=O)[O-])ccc1N. The Morgan fingerprint density at radius 3 is 2.80 bits per heavy atom. The van der Waals surface area contributed by atoms with E-state index in [1.165, 1.54) is 12.1 Å². The molecule has 0 saturated heterocycles. The fraction of sp³-hybridized carbons (Fsp3) is 0.0769. The minimum atomic E-state index is -0.578. The molecule has 0 aliphatic heterocycles. The number of nitro groups is 1. The highest BCUT2D eigenvalue weighted by atomic mass is 16.6. The maximum atomic E-state index is 12.1. The summed E-state index contributed by atoms with van der Waals surface area (Å²) in [4.78, 5) is 26.3. The summed E-state index contributed by atoms with van der Waals surface area (Å²) in [7, 11) is 0. The van der Waals surface area contributed by atoms with Crippen LogP contribution in [0.4, 0.5) is 17.1 Å². The molecule has 0 atom stereocenters. The summed E-state index contributed by atoms with van der Waals surface area (Å²) in [5.41, 5.74) is 6.90. The molecule has 0 radical (unpaired) electrons. The Kier molecular flexibility index (Phi) is 3.60. The van der Waals surface area contributed by atoms with Crippen LogP contribution < -0.4 is 11.1 Å². The Labute approximate surface area is 114 Å². The minimum absolute atomic E-state index is 0.0578. The highest BCUT2D eigenvalue weighted by Gasteiger charge is 2.16. The Bertz CT molecular complexity index is 685. The number of hydrogen-bond donors (Lipinski definition) is 2. The first-order chi connectivity index (χ1) is 9.49. The van der Waals surface area contributed by atoms with Gasteiger partial charge in [-0.05, 0) is 25.1 Å². The van der Waals surface area contributed by atoms with Crippen LogP contribution >= 0.6 is 0 Å². The molecule has 0 saturated carbocycles. The van der Waals surface area contributed by atoms with Crippen LogP contribution in [0, 0.1) is 17.0 Å². The smallest absolute Gasteiger partial charge is 0.270 e. The third-order valence-electron chi connectivity index (χ3n) is 2.75. The Balaban J connectivity index is 2.32. The van der Waals surface area contributed by atoms with Crippen LogP contribution in [0.3, 0.4) is 0 Å². The van der Waals surface area contributed by atoms with E-state index in [9.17, 15) is 14.9 Å². The van der Waals surface area contributed by atoms with Gasteiger partial charge in [0.1, 0.15) is 0 Å². The van der Waals surface area contributed by atoms with Crippen LogP contribution in [-0.2, 0) is 0 Å². The van der Waals surface area contributed by atoms with E-state index in [1.807, 2.05) is 0 Å². The third-order valence-corrected chi connectivity index (χ3v) is 2.75. The molecule has 1 heterocycles. The normalized spacial score (nSPS) is 10.1. The maximum absolute atomic E-state index is 12.1. The topological polar surface area (TPSA) is 111 Å². The standard InChI is InChI=1S/C13H12N4O3/c1-8-12(3-2-6-15-8)16-13(18)10-7-9(17(19)20)4-5-11(10)14/h2-7H,14H2,1H3,(H,16,18). The van der Waals surface area contributed by atoms with Gasteiger partial charge >= 0.3 is 0 Å². The number of hydrogen-bond acceptors (Lipinski definition) is 5. The molecular weight excluding hydrogens is 260 g/mol. The molecule has 0 spiro atoms. The first-order valence-electron chi connectivity index (χ1n) is 5.76. The van der Waals surface area contributed by atoms with Crippen molar-refractivity contribution in [2.75, 3.05) is 11.1 Å². The molecule has 0 bridgehead atoms. The highest BCUT2D eigenvalue weighted by Crippen LogP contribution is 2.21. The van der Waals surface area contributed by atoms with E-state index in [1.54, 1.807) is 25.3 Å². The number of nitrogens with one attached hydrogen (secondary N) is 1. The van der Waals surface area contributed by atoms with Gasteiger partial charge in [-0.2, -0.15) is 0 Å². The van der Waals surface area contributed by atoms with Gasteiger partial charge in [0.15, 0.2) is 0 Å². The lowest BCUT2D eigenvalue weighted by Gasteiger charge is -2.09. The summed E-state index contributed by atoms with van der Waals surface area (Å²) in [5.74, 6) is -0.512. The molecule has 7 nitrogen and oxygen atoms in total. The number of benzene rings is 1. The molecule has 1 aromatic heterocycles. The molecule has 3 N–H and O–H groups in total. The number of aromatic nitrogens is 1. The molecule has 102 valence electrons. The van der Waals surface area contributed by atoms with Gasteiger partial charge in [-0.3, -0.25) is 19.9 Å². The summed E-state index contributed by atoms with van der Waals surface area (Å²) in [6.45, 7) is 1.74. The van der Waals surface area contributed by atoms with Crippen LogP contribution in [0.15, 0.2) is 36.5 Å². The summed E-state index contributed by atoms with van der Waals surface area (Å²) in [6, 6.07) is 7.11. The second-order valence-electron chi connectivity index (χ2n) is 4.12. The van der Waals surface area contributed by atoms with Crippen LogP contribution in [0.5, 0.6) is 0 Å². The average Bonchev–Trinajstić information content (AvgIpc) is 2.41. The van der Waals surface area contributed by atoms with Gasteiger partial charge in [0.2, 0.25) is 0 Å². The van der Waals surface area contributed by atoms with Crippen molar-refractivity contribution in [2.45, 2.75) is 6.92 Å². The van der Waals surface area contributed by atoms with Gasteiger partial charge in [-0.1, -0.05) is 0 Å². The number of amides is 1. The number of non-ortho nitro benzene ring substituents is 1. The monoisotopic (exact) mass is 272 g/mol. The van der Waals surface area contributed by atoms with E-state index in [0.29, 0.717) is 11.4 Å². The number of carbonyl (C=O) groups is 1. The van der Waals surface area contributed by atoms with Crippen molar-refractivity contribution in [1.82, 2.24) is 4.98 Å². The van der Waals surface area contributed by atoms with Crippen molar-refractivity contribution in [2.24, 2.45) is 0 Å². The molecule has 2 rings (SSSR count). The van der Waals surface area contributed by atoms with Crippen molar-refractivity contribution >= 4 is 23.0 Å². The number of rotatable bonds is 3. The van der Waals surface area contributed by atoms with E-state index in [-0.39, 0.29) is 16.9 Å². The molecule has 0 fully saturated rings. The van der Waals surface area contributed by atoms with Crippen LogP contribution in [0.25, 0.3) is 0 Å². The van der Waals surface area contributed by atoms with E-state index < -0.39 is 10.8 Å². The predicted molar refractivity (Wildman–Crippen MR) is 74.4 cm³/mol. The number of carbonyl (C=O) groups excluding carboxylic acids is 1. The van der Waals surface area contributed by atoms with Gasteiger partial charge in [-0.25, -0.2) is 0 Å². The second-order valence-corrected chi connectivity index (χ2v) is 4.12. The van der Waals surface area contributed by atoms with Gasteiger partial charge in [-0.15, -0.1) is 0 Å². The zero-order valence-electron chi connectivity index (χ0n) is 10.7. The molecule has 1 aromatic carbocycles. The average molecular weight is 272 g/mol. The number of nitro benzene ring substituents is 1. The number of aryl methyl sites for hydroxylation is 1. The quantitative estimate of drug-likeness (QED) is 0.505. The maximum Gasteiger partial charge on any atom is 0.270 e. The molecule has 2 aromatic rings. The molecule has 0 aliphatic carbocycles. The molecule has 0 unspecified atom stereocenters. The van der Waals surface area contributed by atoms with Crippen molar-refractivity contribution < 1.29 is 9.72 Å². The van der Waals surface area contributed by atoms with E-state index in [4.69, 9.17) is 5.73 Å². The Morgan fingerprint density at radius 2 is 2.15 bits per heavy atom. The number of nitrogen functional groups attached to an aromatic ring is 1. The van der Waals surface area contributed by atoms with Crippen molar-refractivity contribution in [3.63, 3.8) is 0 Å². The van der Waals surface area contributed by atoms with Gasteiger partial charge in [0.25, 0.3) is 11.6 Å². The van der Waals surface area contributed by atoms with Gasteiger partial charge < -0.3 is 11.1 Å². The Hall–Kier alpha value is -2.96. The number of pyridine rings is 1. The summed E-state index contributed by atoms with van der Waals surface area (Å²) in [5, 5.41) is 13.4. The Morgan fingerprint density at radius 1 is 1.40 bits per heavy atom. The van der Waals surface area contributed by atoms with Gasteiger partial charge in [0, 0.05) is 24.0 Å². The van der Waals surface area contributed by atoms with E-state index >= 15 is 0 Å². The summed E-state index contributed by atoms with van der Waals surface area (Å²) < 4.78 is 0. The molecule has 20 heavy (non-hydrogen) atoms. The van der Waals surface area contributed by atoms with Crippen molar-refractivity contribution in [3.05, 3.63) is 57.9 Å². The second kappa shape index (κ2) is 5.35. The summed E-state index contributed by atoms with van der Waals surface area (Å²) in [6.07, 6.45) is 1.60.